The van der Waals surface area contributed by atoms with E-state index in [0.717, 1.165) is 20.1 Å². The Kier molecular flexibility index (Phi) is 3.96. The largest absolute Gasteiger partial charge is 0.462 e. The quantitative estimate of drug-likeness (QED) is 0.794. The molecule has 0 aliphatic carbocycles. The molecule has 0 saturated heterocycles. The Balaban J connectivity index is 2.37. The molecule has 17 heavy (non-hydrogen) atoms. The highest BCUT2D eigenvalue weighted by atomic mass is 79.9. The van der Waals surface area contributed by atoms with Gasteiger partial charge in [0.25, 0.3) is 0 Å². The zero-order chi connectivity index (χ0) is 12.4. The van der Waals surface area contributed by atoms with Gasteiger partial charge in [0.05, 0.1) is 16.1 Å². The molecule has 0 aliphatic heterocycles. The Hall–Kier alpha value is -0.720. The van der Waals surface area contributed by atoms with E-state index in [1.165, 1.54) is 11.3 Å². The lowest BCUT2D eigenvalue weighted by Gasteiger charge is -1.97. The van der Waals surface area contributed by atoms with E-state index in [9.17, 15) is 4.79 Å². The van der Waals surface area contributed by atoms with Gasteiger partial charge in [-0.25, -0.2) is 9.78 Å². The molecule has 0 amide bonds. The van der Waals surface area contributed by atoms with Gasteiger partial charge in [-0.2, -0.15) is 0 Å². The van der Waals surface area contributed by atoms with Crippen molar-refractivity contribution in [2.45, 2.75) is 13.8 Å². The molecule has 0 aromatic carbocycles. The first-order valence-corrected chi connectivity index (χ1v) is 7.50. The second-order valence-electron chi connectivity index (χ2n) is 3.26. The summed E-state index contributed by atoms with van der Waals surface area (Å²) in [6.45, 7) is 4.00. The van der Waals surface area contributed by atoms with Crippen LogP contribution in [-0.4, -0.2) is 17.6 Å². The maximum Gasteiger partial charge on any atom is 0.350 e. The fourth-order valence-corrected chi connectivity index (χ4v) is 3.79. The van der Waals surface area contributed by atoms with Crippen molar-refractivity contribution in [3.63, 3.8) is 0 Å². The van der Waals surface area contributed by atoms with E-state index in [0.29, 0.717) is 11.5 Å². The summed E-state index contributed by atoms with van der Waals surface area (Å²) in [5, 5.41) is 2.83. The number of nitrogens with zero attached hydrogens (tertiary/aromatic N) is 1. The van der Waals surface area contributed by atoms with E-state index < -0.39 is 0 Å². The van der Waals surface area contributed by atoms with Gasteiger partial charge < -0.3 is 4.74 Å². The molecule has 2 rings (SSSR count). The summed E-state index contributed by atoms with van der Waals surface area (Å²) in [5.74, 6) is -0.292. The van der Waals surface area contributed by atoms with Crippen molar-refractivity contribution in [1.29, 1.82) is 0 Å². The van der Waals surface area contributed by atoms with Crippen LogP contribution in [0.4, 0.5) is 0 Å². The second-order valence-corrected chi connectivity index (χ2v) is 6.50. The van der Waals surface area contributed by atoms with Crippen LogP contribution in [0.15, 0.2) is 15.2 Å². The number of halogens is 1. The van der Waals surface area contributed by atoms with E-state index in [4.69, 9.17) is 4.74 Å². The van der Waals surface area contributed by atoms with Crippen LogP contribution in [0.1, 0.15) is 22.3 Å². The summed E-state index contributed by atoms with van der Waals surface area (Å²) in [5.41, 5.74) is 1.75. The minimum absolute atomic E-state index is 0.292. The second kappa shape index (κ2) is 5.29. The molecule has 2 heterocycles. The first-order chi connectivity index (χ1) is 8.13. The normalized spacial score (nSPS) is 10.5. The van der Waals surface area contributed by atoms with Gasteiger partial charge in [-0.3, -0.25) is 0 Å². The summed E-state index contributed by atoms with van der Waals surface area (Å²) in [4.78, 5) is 16.7. The van der Waals surface area contributed by atoms with Gasteiger partial charge in [-0.15, -0.1) is 22.7 Å². The summed E-state index contributed by atoms with van der Waals surface area (Å²) < 4.78 is 6.02. The molecule has 0 fully saturated rings. The van der Waals surface area contributed by atoms with Crippen LogP contribution in [-0.2, 0) is 4.74 Å². The molecule has 0 unspecified atom stereocenters. The molecular formula is C11H10BrNO2S2. The predicted octanol–water partition coefficient (Wildman–Crippen LogP) is 4.12. The van der Waals surface area contributed by atoms with Crippen molar-refractivity contribution in [1.82, 2.24) is 4.98 Å². The van der Waals surface area contributed by atoms with Crippen LogP contribution >= 0.6 is 38.6 Å². The number of aryl methyl sites for hydroxylation is 1. The average Bonchev–Trinajstić information content (AvgIpc) is 2.84. The van der Waals surface area contributed by atoms with Gasteiger partial charge in [-0.1, -0.05) is 0 Å². The Bertz CT molecular complexity index is 547. The monoisotopic (exact) mass is 331 g/mol. The standard InChI is InChI=1S/C11H10BrNO2S2/c1-3-15-11(14)8-6(2)13-10(17-8)7-4-5-16-9(7)12/h4-5H,3H2,1-2H3. The van der Waals surface area contributed by atoms with Crippen LogP contribution in [0.25, 0.3) is 10.6 Å². The summed E-state index contributed by atoms with van der Waals surface area (Å²) in [6, 6.07) is 1.99. The molecule has 0 N–H and O–H groups in total. The van der Waals surface area contributed by atoms with Gasteiger partial charge >= 0.3 is 5.97 Å². The molecule has 3 nitrogen and oxygen atoms in total. The number of thiazole rings is 1. The van der Waals surface area contributed by atoms with Gasteiger partial charge in [0, 0.05) is 5.56 Å². The van der Waals surface area contributed by atoms with Crippen molar-refractivity contribution >= 4 is 44.6 Å². The van der Waals surface area contributed by atoms with Crippen LogP contribution in [0.3, 0.4) is 0 Å². The van der Waals surface area contributed by atoms with Crippen molar-refractivity contribution in [2.24, 2.45) is 0 Å². The molecule has 0 radical (unpaired) electrons. The Labute approximate surface area is 116 Å². The third-order valence-corrected chi connectivity index (χ3v) is 4.96. The predicted molar refractivity (Wildman–Crippen MR) is 73.8 cm³/mol. The van der Waals surface area contributed by atoms with E-state index in [1.807, 2.05) is 18.4 Å². The summed E-state index contributed by atoms with van der Waals surface area (Å²) in [6.07, 6.45) is 0. The van der Waals surface area contributed by atoms with Gasteiger partial charge in [0.2, 0.25) is 0 Å². The van der Waals surface area contributed by atoms with E-state index in [2.05, 4.69) is 20.9 Å². The van der Waals surface area contributed by atoms with Crippen molar-refractivity contribution in [2.75, 3.05) is 6.61 Å². The van der Waals surface area contributed by atoms with E-state index in [-0.39, 0.29) is 5.97 Å². The summed E-state index contributed by atoms with van der Waals surface area (Å²) >= 11 is 6.44. The fraction of sp³-hybridized carbons (Fsp3) is 0.273. The van der Waals surface area contributed by atoms with Crippen LogP contribution in [0.2, 0.25) is 0 Å². The molecule has 90 valence electrons. The Morgan fingerprint density at radius 2 is 2.35 bits per heavy atom. The first-order valence-electron chi connectivity index (χ1n) is 5.01. The minimum atomic E-state index is -0.292. The number of esters is 1. The van der Waals surface area contributed by atoms with E-state index >= 15 is 0 Å². The SMILES string of the molecule is CCOC(=O)c1sc(-c2ccsc2Br)nc1C. The van der Waals surface area contributed by atoms with Gasteiger partial charge in [0.1, 0.15) is 9.88 Å². The maximum atomic E-state index is 11.7. The Morgan fingerprint density at radius 3 is 2.94 bits per heavy atom. The minimum Gasteiger partial charge on any atom is -0.462 e. The molecule has 0 saturated carbocycles. The highest BCUT2D eigenvalue weighted by molar-refractivity contribution is 9.11. The third-order valence-electron chi connectivity index (χ3n) is 2.11. The smallest absolute Gasteiger partial charge is 0.350 e. The number of ether oxygens (including phenoxy) is 1. The fourth-order valence-electron chi connectivity index (χ4n) is 1.34. The number of rotatable bonds is 3. The molecule has 2 aromatic heterocycles. The highest BCUT2D eigenvalue weighted by Crippen LogP contribution is 2.36. The lowest BCUT2D eigenvalue weighted by Crippen LogP contribution is -2.03. The Morgan fingerprint density at radius 1 is 1.59 bits per heavy atom. The van der Waals surface area contributed by atoms with Crippen molar-refractivity contribution < 1.29 is 9.53 Å². The number of carbonyl (C=O) groups is 1. The maximum absolute atomic E-state index is 11.7. The molecule has 6 heteroatoms. The lowest BCUT2D eigenvalue weighted by atomic mass is 10.3. The topological polar surface area (TPSA) is 39.2 Å². The third kappa shape index (κ3) is 2.59. The zero-order valence-corrected chi connectivity index (χ0v) is 12.5. The van der Waals surface area contributed by atoms with Gasteiger partial charge in [-0.05, 0) is 41.2 Å². The van der Waals surface area contributed by atoms with Crippen LogP contribution in [0, 0.1) is 6.92 Å². The van der Waals surface area contributed by atoms with Crippen LogP contribution in [0.5, 0.6) is 0 Å². The van der Waals surface area contributed by atoms with E-state index in [1.54, 1.807) is 18.3 Å². The van der Waals surface area contributed by atoms with Crippen molar-refractivity contribution in [3.8, 4) is 10.6 Å². The number of carbonyl (C=O) groups excluding carboxylic acids is 1. The van der Waals surface area contributed by atoms with Crippen molar-refractivity contribution in [3.05, 3.63) is 25.8 Å². The molecule has 0 aliphatic rings. The molecular weight excluding hydrogens is 322 g/mol. The first kappa shape index (κ1) is 12.7. The molecule has 0 bridgehead atoms. The van der Waals surface area contributed by atoms with Gasteiger partial charge in [0.15, 0.2) is 0 Å². The number of hydrogen-bond acceptors (Lipinski definition) is 5. The number of aromatic nitrogens is 1. The average molecular weight is 332 g/mol. The highest BCUT2D eigenvalue weighted by Gasteiger charge is 2.18. The lowest BCUT2D eigenvalue weighted by molar-refractivity contribution is 0.0531. The molecule has 2 aromatic rings. The van der Waals surface area contributed by atoms with Crippen LogP contribution < -0.4 is 0 Å². The summed E-state index contributed by atoms with van der Waals surface area (Å²) in [7, 11) is 0. The zero-order valence-electron chi connectivity index (χ0n) is 9.32. The number of thiophene rings is 1. The molecule has 0 spiro atoms. The molecule has 0 atom stereocenters. The number of hydrogen-bond donors (Lipinski definition) is 0.